The summed E-state index contributed by atoms with van der Waals surface area (Å²) in [7, 11) is 0. The molecule has 0 amide bonds. The summed E-state index contributed by atoms with van der Waals surface area (Å²) in [4.78, 5) is 0. The fraction of sp³-hybridized carbons (Fsp3) is 0.714. The van der Waals surface area contributed by atoms with Gasteiger partial charge in [-0.2, -0.15) is 0 Å². The van der Waals surface area contributed by atoms with Crippen LogP contribution in [0.3, 0.4) is 0 Å². The number of hydrogen-bond donors (Lipinski definition) is 2. The summed E-state index contributed by atoms with van der Waals surface area (Å²) in [6.07, 6.45) is 4.35. The van der Waals surface area contributed by atoms with Crippen molar-refractivity contribution in [3.05, 3.63) is 12.3 Å². The molecule has 0 aliphatic heterocycles. The summed E-state index contributed by atoms with van der Waals surface area (Å²) in [5.74, 6) is 0. The molecule has 0 heterocycles. The molecule has 0 bridgehead atoms. The van der Waals surface area contributed by atoms with E-state index in [0.29, 0.717) is 0 Å². The summed E-state index contributed by atoms with van der Waals surface area (Å²) >= 11 is 0. The molecule has 0 radical (unpaired) electrons. The van der Waals surface area contributed by atoms with Crippen molar-refractivity contribution in [3.63, 3.8) is 0 Å². The van der Waals surface area contributed by atoms with E-state index in [1.54, 1.807) is 0 Å². The van der Waals surface area contributed by atoms with Gasteiger partial charge in [0.25, 0.3) is 0 Å². The van der Waals surface area contributed by atoms with E-state index in [1.807, 2.05) is 0 Å². The first-order valence-electron chi connectivity index (χ1n) is 3.40. The van der Waals surface area contributed by atoms with E-state index in [4.69, 9.17) is 11.5 Å². The van der Waals surface area contributed by atoms with E-state index in [0.717, 1.165) is 31.5 Å². The van der Waals surface area contributed by atoms with E-state index >= 15 is 0 Å². The molecule has 0 aromatic heterocycles. The monoisotopic (exact) mass is 128 g/mol. The molecule has 54 valence electrons. The minimum atomic E-state index is 0.784. The van der Waals surface area contributed by atoms with Gasteiger partial charge in [0, 0.05) is 5.70 Å². The molecule has 0 aromatic carbocycles. The Balaban J connectivity index is 2.83. The van der Waals surface area contributed by atoms with Gasteiger partial charge in [0.2, 0.25) is 0 Å². The maximum Gasteiger partial charge on any atom is 0.000744 e. The van der Waals surface area contributed by atoms with Crippen LogP contribution in [0, 0.1) is 0 Å². The van der Waals surface area contributed by atoms with Gasteiger partial charge in [-0.25, -0.2) is 0 Å². The van der Waals surface area contributed by atoms with Crippen LogP contribution in [0.15, 0.2) is 12.3 Å². The van der Waals surface area contributed by atoms with Crippen molar-refractivity contribution in [3.8, 4) is 0 Å². The average molecular weight is 128 g/mol. The molecule has 0 spiro atoms. The molecule has 0 atom stereocenters. The Bertz CT molecular complexity index is 79.0. The van der Waals surface area contributed by atoms with Crippen molar-refractivity contribution in [1.82, 2.24) is 0 Å². The molecule has 0 unspecified atom stereocenters. The van der Waals surface area contributed by atoms with Gasteiger partial charge in [0.15, 0.2) is 0 Å². The van der Waals surface area contributed by atoms with Crippen LogP contribution in [0.5, 0.6) is 0 Å². The van der Waals surface area contributed by atoms with Crippen LogP contribution in [0.1, 0.15) is 25.7 Å². The zero-order chi connectivity index (χ0) is 7.11. The number of allylic oxidation sites excluding steroid dienone is 1. The molecule has 2 nitrogen and oxygen atoms in total. The van der Waals surface area contributed by atoms with Gasteiger partial charge in [-0.05, 0) is 25.8 Å². The second-order valence-corrected chi connectivity index (χ2v) is 2.26. The summed E-state index contributed by atoms with van der Waals surface area (Å²) in [6.45, 7) is 4.39. The van der Waals surface area contributed by atoms with Crippen LogP contribution in [0.2, 0.25) is 0 Å². The van der Waals surface area contributed by atoms with Gasteiger partial charge in [-0.15, -0.1) is 0 Å². The highest BCUT2D eigenvalue weighted by atomic mass is 14.6. The van der Waals surface area contributed by atoms with E-state index < -0.39 is 0 Å². The number of unbranched alkanes of at least 4 members (excludes halogenated alkanes) is 2. The van der Waals surface area contributed by atoms with Crippen molar-refractivity contribution >= 4 is 0 Å². The molecule has 0 saturated heterocycles. The van der Waals surface area contributed by atoms with Crippen molar-refractivity contribution in [2.45, 2.75) is 25.7 Å². The molecule has 0 saturated carbocycles. The molecule has 2 heteroatoms. The molecule has 0 aliphatic carbocycles. The zero-order valence-electron chi connectivity index (χ0n) is 5.90. The van der Waals surface area contributed by atoms with Gasteiger partial charge >= 0.3 is 0 Å². The van der Waals surface area contributed by atoms with Crippen LogP contribution in [0.25, 0.3) is 0 Å². The van der Waals surface area contributed by atoms with E-state index in [-0.39, 0.29) is 0 Å². The Hall–Kier alpha value is -0.500. The average Bonchev–Trinajstić information content (AvgIpc) is 1.80. The minimum Gasteiger partial charge on any atom is -0.403 e. The number of rotatable bonds is 5. The Morgan fingerprint density at radius 3 is 2.33 bits per heavy atom. The van der Waals surface area contributed by atoms with Crippen molar-refractivity contribution < 1.29 is 0 Å². The molecule has 0 aliphatic rings. The predicted molar refractivity (Wildman–Crippen MR) is 40.8 cm³/mol. The van der Waals surface area contributed by atoms with Crippen molar-refractivity contribution in [2.24, 2.45) is 11.5 Å². The third-order valence-corrected chi connectivity index (χ3v) is 1.20. The summed E-state index contributed by atoms with van der Waals surface area (Å²) < 4.78 is 0. The highest BCUT2D eigenvalue weighted by Gasteiger charge is 1.87. The Morgan fingerprint density at radius 1 is 1.22 bits per heavy atom. The smallest absolute Gasteiger partial charge is 0.000744 e. The maximum atomic E-state index is 5.35. The van der Waals surface area contributed by atoms with E-state index in [2.05, 4.69) is 6.58 Å². The van der Waals surface area contributed by atoms with Gasteiger partial charge in [0.05, 0.1) is 0 Å². The second-order valence-electron chi connectivity index (χ2n) is 2.26. The lowest BCUT2D eigenvalue weighted by atomic mass is 10.2. The second kappa shape index (κ2) is 5.63. The lowest BCUT2D eigenvalue weighted by Gasteiger charge is -1.97. The standard InChI is InChI=1S/C7H16N2/c1-7(9)5-3-2-4-6-8/h1-6,8-9H2. The molecule has 0 rings (SSSR count). The lowest BCUT2D eigenvalue weighted by molar-refractivity contribution is 0.682. The Kier molecular flexibility index (Phi) is 5.32. The molecule has 9 heavy (non-hydrogen) atoms. The predicted octanol–water partition coefficient (Wildman–Crippen LogP) is 0.978. The molecule has 0 aromatic rings. The maximum absolute atomic E-state index is 5.35. The molecule has 0 fully saturated rings. The zero-order valence-corrected chi connectivity index (χ0v) is 5.90. The first kappa shape index (κ1) is 8.50. The van der Waals surface area contributed by atoms with Crippen LogP contribution in [0.4, 0.5) is 0 Å². The third-order valence-electron chi connectivity index (χ3n) is 1.20. The van der Waals surface area contributed by atoms with Gasteiger partial charge in [-0.3, -0.25) is 0 Å². The normalized spacial score (nSPS) is 9.44. The first-order valence-corrected chi connectivity index (χ1v) is 3.40. The van der Waals surface area contributed by atoms with Crippen LogP contribution in [-0.2, 0) is 0 Å². The fourth-order valence-corrected chi connectivity index (χ4v) is 0.673. The Labute approximate surface area is 56.9 Å². The van der Waals surface area contributed by atoms with Crippen LogP contribution < -0.4 is 11.5 Å². The van der Waals surface area contributed by atoms with Crippen molar-refractivity contribution in [1.29, 1.82) is 0 Å². The highest BCUT2D eigenvalue weighted by molar-refractivity contribution is 4.84. The lowest BCUT2D eigenvalue weighted by Crippen LogP contribution is -1.99. The van der Waals surface area contributed by atoms with E-state index in [9.17, 15) is 0 Å². The molecular weight excluding hydrogens is 112 g/mol. The highest BCUT2D eigenvalue weighted by Crippen LogP contribution is 2.01. The van der Waals surface area contributed by atoms with Gasteiger partial charge in [-0.1, -0.05) is 13.0 Å². The quantitative estimate of drug-likeness (QED) is 0.542. The fourth-order valence-electron chi connectivity index (χ4n) is 0.673. The van der Waals surface area contributed by atoms with Gasteiger partial charge < -0.3 is 11.5 Å². The summed E-state index contributed by atoms with van der Waals surface area (Å²) in [5.41, 5.74) is 11.4. The molecular formula is C7H16N2. The number of nitrogens with two attached hydrogens (primary N) is 2. The third kappa shape index (κ3) is 7.50. The van der Waals surface area contributed by atoms with Crippen LogP contribution in [-0.4, -0.2) is 6.54 Å². The van der Waals surface area contributed by atoms with Crippen LogP contribution >= 0.6 is 0 Å². The number of hydrogen-bond acceptors (Lipinski definition) is 2. The minimum absolute atomic E-state index is 0.784. The SMILES string of the molecule is C=C(N)CCCCCN. The summed E-state index contributed by atoms with van der Waals surface area (Å²) in [6, 6.07) is 0. The summed E-state index contributed by atoms with van der Waals surface area (Å²) in [5, 5.41) is 0. The van der Waals surface area contributed by atoms with E-state index in [1.165, 1.54) is 6.42 Å². The molecule has 4 N–H and O–H groups in total. The first-order chi connectivity index (χ1) is 4.27. The van der Waals surface area contributed by atoms with Gasteiger partial charge in [0.1, 0.15) is 0 Å². The van der Waals surface area contributed by atoms with Crippen molar-refractivity contribution in [2.75, 3.05) is 6.54 Å². The topological polar surface area (TPSA) is 52.0 Å². The Morgan fingerprint density at radius 2 is 1.89 bits per heavy atom. The largest absolute Gasteiger partial charge is 0.403 e.